The largest absolute Gasteiger partial charge is 0.493 e. The van der Waals surface area contributed by atoms with Gasteiger partial charge in [0, 0.05) is 19.6 Å². The molecule has 1 aromatic rings. The quantitative estimate of drug-likeness (QED) is 0.485. The topological polar surface area (TPSA) is 111 Å². The minimum absolute atomic E-state index is 0.0760. The molecule has 2 heterocycles. The van der Waals surface area contributed by atoms with Crippen LogP contribution in [0.25, 0.3) is 0 Å². The molecular formula is C19H24N4O5S. The zero-order chi connectivity index (χ0) is 20.6. The number of nitrogens with one attached hydrogen (secondary N) is 2. The Balaban J connectivity index is 1.50. The lowest BCUT2D eigenvalue weighted by atomic mass is 10.2. The Hall–Kier alpha value is -2.59. The first kappa shape index (κ1) is 21.1. The van der Waals surface area contributed by atoms with Crippen LogP contribution < -0.4 is 20.1 Å². The van der Waals surface area contributed by atoms with Gasteiger partial charge in [0.25, 0.3) is 0 Å². The van der Waals surface area contributed by atoms with Gasteiger partial charge in [-0.25, -0.2) is 0 Å². The molecule has 0 bridgehead atoms. The fourth-order valence-corrected chi connectivity index (χ4v) is 3.87. The molecule has 0 aliphatic carbocycles. The summed E-state index contributed by atoms with van der Waals surface area (Å²) in [5.74, 6) is 0.780. The Bertz CT molecular complexity index is 808. The number of amides is 2. The zero-order valence-electron chi connectivity index (χ0n) is 16.3. The minimum Gasteiger partial charge on any atom is -0.493 e. The molecule has 0 radical (unpaired) electrons. The first-order chi connectivity index (χ1) is 14.1. The number of rotatable bonds is 8. The van der Waals surface area contributed by atoms with Crippen LogP contribution in [0.4, 0.5) is 0 Å². The molecule has 0 unspecified atom stereocenters. The number of thioether (sulfide) groups is 1. The molecule has 3 rings (SSSR count). The van der Waals surface area contributed by atoms with Gasteiger partial charge >= 0.3 is 0 Å². The third-order valence-corrected chi connectivity index (χ3v) is 5.53. The monoisotopic (exact) mass is 420 g/mol. The SMILES string of the molecule is COc1ccc(/C=N\N=C2/NC(=O)[C@@H](CC(=O)NC[C@H]3CCCO3)S2)cc1OC. The molecule has 9 nitrogen and oxygen atoms in total. The first-order valence-electron chi connectivity index (χ1n) is 9.28. The summed E-state index contributed by atoms with van der Waals surface area (Å²) in [5, 5.41) is 13.3. The number of hydrogen-bond acceptors (Lipinski definition) is 8. The lowest BCUT2D eigenvalue weighted by Crippen LogP contribution is -2.35. The van der Waals surface area contributed by atoms with E-state index in [0.717, 1.165) is 25.0 Å². The van der Waals surface area contributed by atoms with Crippen molar-refractivity contribution in [2.24, 2.45) is 10.2 Å². The average Bonchev–Trinajstić information content (AvgIpc) is 3.36. The second-order valence-corrected chi connectivity index (χ2v) is 7.69. The third-order valence-electron chi connectivity index (χ3n) is 4.46. The van der Waals surface area contributed by atoms with Crippen molar-refractivity contribution >= 4 is 35.0 Å². The predicted molar refractivity (Wildman–Crippen MR) is 111 cm³/mol. The standard InChI is InChI=1S/C19H24N4O5S/c1-26-14-6-5-12(8-15(14)27-2)10-21-23-19-22-18(25)16(29-19)9-17(24)20-11-13-4-3-7-28-13/h5-6,8,10,13,16H,3-4,7,9,11H2,1-2H3,(H,20,24)(H,22,23,25)/b21-10-/t13-,16-/m1/s1. The number of methoxy groups -OCH3 is 2. The van der Waals surface area contributed by atoms with E-state index in [-0.39, 0.29) is 24.3 Å². The highest BCUT2D eigenvalue weighted by molar-refractivity contribution is 8.15. The molecular weight excluding hydrogens is 396 g/mol. The van der Waals surface area contributed by atoms with E-state index in [1.54, 1.807) is 32.6 Å². The highest BCUT2D eigenvalue weighted by Crippen LogP contribution is 2.27. The van der Waals surface area contributed by atoms with Crippen molar-refractivity contribution in [1.29, 1.82) is 0 Å². The molecule has 0 aromatic heterocycles. The van der Waals surface area contributed by atoms with Crippen LogP contribution in [-0.4, -0.2) is 61.9 Å². The Kier molecular flexibility index (Phi) is 7.48. The maximum atomic E-state index is 12.1. The molecule has 2 atom stereocenters. The van der Waals surface area contributed by atoms with Gasteiger partial charge in [-0.05, 0) is 36.6 Å². The van der Waals surface area contributed by atoms with E-state index >= 15 is 0 Å². The van der Waals surface area contributed by atoms with Crippen molar-refractivity contribution in [3.8, 4) is 11.5 Å². The predicted octanol–water partition coefficient (Wildman–Crippen LogP) is 1.31. The van der Waals surface area contributed by atoms with Crippen molar-refractivity contribution in [1.82, 2.24) is 10.6 Å². The number of carbonyl (C=O) groups excluding carboxylic acids is 2. The van der Waals surface area contributed by atoms with Crippen molar-refractivity contribution in [3.05, 3.63) is 23.8 Å². The van der Waals surface area contributed by atoms with Crippen LogP contribution in [-0.2, 0) is 14.3 Å². The van der Waals surface area contributed by atoms with Crippen molar-refractivity contribution in [2.75, 3.05) is 27.4 Å². The molecule has 2 saturated heterocycles. The summed E-state index contributed by atoms with van der Waals surface area (Å²) in [6.07, 6.45) is 3.68. The van der Waals surface area contributed by atoms with Gasteiger partial charge in [-0.1, -0.05) is 11.8 Å². The van der Waals surface area contributed by atoms with E-state index in [2.05, 4.69) is 20.8 Å². The number of ether oxygens (including phenoxy) is 3. The van der Waals surface area contributed by atoms with Crippen LogP contribution in [0.2, 0.25) is 0 Å². The van der Waals surface area contributed by atoms with E-state index in [4.69, 9.17) is 14.2 Å². The zero-order valence-corrected chi connectivity index (χ0v) is 17.2. The number of carbonyl (C=O) groups is 2. The van der Waals surface area contributed by atoms with Crippen molar-refractivity contribution in [3.63, 3.8) is 0 Å². The summed E-state index contributed by atoms with van der Waals surface area (Å²) in [4.78, 5) is 24.1. The van der Waals surface area contributed by atoms with E-state index in [1.165, 1.54) is 11.8 Å². The molecule has 1 aromatic carbocycles. The lowest BCUT2D eigenvalue weighted by molar-refractivity contribution is -0.125. The fourth-order valence-electron chi connectivity index (χ4n) is 2.94. The molecule has 29 heavy (non-hydrogen) atoms. The summed E-state index contributed by atoms with van der Waals surface area (Å²) < 4.78 is 15.9. The van der Waals surface area contributed by atoms with Gasteiger partial charge in [0.2, 0.25) is 11.8 Å². The van der Waals surface area contributed by atoms with E-state index in [1.807, 2.05) is 6.07 Å². The summed E-state index contributed by atoms with van der Waals surface area (Å²) in [6, 6.07) is 5.35. The molecule has 2 fully saturated rings. The smallest absolute Gasteiger partial charge is 0.240 e. The molecule has 0 spiro atoms. The average molecular weight is 420 g/mol. The van der Waals surface area contributed by atoms with Crippen LogP contribution in [0.15, 0.2) is 28.4 Å². The summed E-state index contributed by atoms with van der Waals surface area (Å²) in [7, 11) is 3.12. The highest BCUT2D eigenvalue weighted by atomic mass is 32.2. The summed E-state index contributed by atoms with van der Waals surface area (Å²) >= 11 is 1.19. The van der Waals surface area contributed by atoms with E-state index in [0.29, 0.717) is 23.2 Å². The molecule has 2 aliphatic heterocycles. The molecule has 156 valence electrons. The van der Waals surface area contributed by atoms with Gasteiger partial charge in [-0.15, -0.1) is 5.10 Å². The van der Waals surface area contributed by atoms with Gasteiger partial charge in [0.15, 0.2) is 16.7 Å². The fraction of sp³-hybridized carbons (Fsp3) is 0.474. The van der Waals surface area contributed by atoms with Gasteiger partial charge < -0.3 is 24.8 Å². The normalized spacial score (nSPS) is 22.8. The van der Waals surface area contributed by atoms with Gasteiger partial charge in [0.1, 0.15) is 5.25 Å². The molecule has 0 saturated carbocycles. The summed E-state index contributed by atoms with van der Waals surface area (Å²) in [6.45, 7) is 1.22. The molecule has 2 N–H and O–H groups in total. The van der Waals surface area contributed by atoms with E-state index < -0.39 is 5.25 Å². The number of hydrogen-bond donors (Lipinski definition) is 2. The number of benzene rings is 1. The first-order valence-corrected chi connectivity index (χ1v) is 10.2. The van der Waals surface area contributed by atoms with Gasteiger partial charge in [-0.2, -0.15) is 5.10 Å². The number of nitrogens with zero attached hydrogens (tertiary/aromatic N) is 2. The van der Waals surface area contributed by atoms with Crippen LogP contribution in [0.5, 0.6) is 11.5 Å². The van der Waals surface area contributed by atoms with Crippen LogP contribution >= 0.6 is 11.8 Å². The third kappa shape index (κ3) is 5.94. The van der Waals surface area contributed by atoms with Crippen LogP contribution in [0.1, 0.15) is 24.8 Å². The minimum atomic E-state index is -0.519. The van der Waals surface area contributed by atoms with Gasteiger partial charge in [0.05, 0.1) is 26.5 Å². The summed E-state index contributed by atoms with van der Waals surface area (Å²) in [5.41, 5.74) is 0.770. The van der Waals surface area contributed by atoms with Crippen molar-refractivity contribution < 1.29 is 23.8 Å². The van der Waals surface area contributed by atoms with Crippen LogP contribution in [0.3, 0.4) is 0 Å². The maximum absolute atomic E-state index is 12.1. The molecule has 10 heteroatoms. The number of amidine groups is 1. The molecule has 2 amide bonds. The Morgan fingerprint density at radius 1 is 1.38 bits per heavy atom. The van der Waals surface area contributed by atoms with Crippen LogP contribution in [0, 0.1) is 0 Å². The second kappa shape index (κ2) is 10.3. The lowest BCUT2D eigenvalue weighted by Gasteiger charge is -2.11. The van der Waals surface area contributed by atoms with Crippen molar-refractivity contribution in [2.45, 2.75) is 30.6 Å². The maximum Gasteiger partial charge on any atom is 0.240 e. The Labute approximate surface area is 173 Å². The Morgan fingerprint density at radius 2 is 2.21 bits per heavy atom. The second-order valence-electron chi connectivity index (χ2n) is 6.50. The van der Waals surface area contributed by atoms with E-state index in [9.17, 15) is 9.59 Å². The van der Waals surface area contributed by atoms with Gasteiger partial charge in [-0.3, -0.25) is 9.59 Å². The Morgan fingerprint density at radius 3 is 2.93 bits per heavy atom. The highest BCUT2D eigenvalue weighted by Gasteiger charge is 2.32. The molecule has 2 aliphatic rings.